The number of amides is 2. The number of carbonyl (C=O) groups is 2. The molecule has 0 aliphatic carbocycles. The van der Waals surface area contributed by atoms with E-state index in [0.717, 1.165) is 5.56 Å². The highest BCUT2D eigenvalue weighted by molar-refractivity contribution is 6.03. The van der Waals surface area contributed by atoms with Gasteiger partial charge in [0.2, 0.25) is 5.91 Å². The van der Waals surface area contributed by atoms with Crippen molar-refractivity contribution in [1.29, 1.82) is 0 Å². The molecular weight excluding hydrogens is 413 g/mol. The molecule has 0 N–H and O–H groups in total. The number of benzene rings is 2. The third kappa shape index (κ3) is 5.31. The van der Waals surface area contributed by atoms with Gasteiger partial charge in [0.05, 0.1) is 25.5 Å². The maximum absolute atomic E-state index is 14.4. The fourth-order valence-electron chi connectivity index (χ4n) is 3.64. The number of nitrogens with zero attached hydrogens (tertiary/aromatic N) is 3. The Morgan fingerprint density at radius 2 is 1.88 bits per heavy atom. The van der Waals surface area contributed by atoms with Crippen LogP contribution in [0.1, 0.15) is 36.9 Å². The number of hydrogen-bond acceptors (Lipinski definition) is 5. The van der Waals surface area contributed by atoms with Gasteiger partial charge in [0.15, 0.2) is 0 Å². The smallest absolute Gasteiger partial charge is 0.262 e. The van der Waals surface area contributed by atoms with Crippen molar-refractivity contribution in [3.8, 4) is 5.75 Å². The molecule has 1 aliphatic rings. The molecule has 1 heterocycles. The fourth-order valence-corrected chi connectivity index (χ4v) is 3.64. The van der Waals surface area contributed by atoms with Crippen molar-refractivity contribution >= 4 is 17.5 Å². The van der Waals surface area contributed by atoms with E-state index in [2.05, 4.69) is 5.10 Å². The number of hydrazone groups is 1. The molecule has 2 amide bonds. The highest BCUT2D eigenvalue weighted by Crippen LogP contribution is 2.34. The molecule has 1 atom stereocenters. The van der Waals surface area contributed by atoms with E-state index in [4.69, 9.17) is 9.47 Å². The van der Waals surface area contributed by atoms with Gasteiger partial charge in [0, 0.05) is 32.1 Å². The third-order valence-corrected chi connectivity index (χ3v) is 5.40. The Morgan fingerprint density at radius 3 is 2.50 bits per heavy atom. The minimum atomic E-state index is -0.413. The van der Waals surface area contributed by atoms with E-state index >= 15 is 0 Å². The van der Waals surface area contributed by atoms with E-state index in [0.29, 0.717) is 36.6 Å². The molecule has 0 unspecified atom stereocenters. The molecule has 2 aromatic carbocycles. The molecule has 170 valence electrons. The van der Waals surface area contributed by atoms with Crippen molar-refractivity contribution in [1.82, 2.24) is 9.91 Å². The van der Waals surface area contributed by atoms with E-state index in [1.165, 1.54) is 16.0 Å². The molecule has 1 aliphatic heterocycles. The molecule has 3 rings (SSSR count). The minimum Gasteiger partial charge on any atom is -0.497 e. The van der Waals surface area contributed by atoms with Crippen molar-refractivity contribution in [2.24, 2.45) is 5.10 Å². The Labute approximate surface area is 187 Å². The largest absolute Gasteiger partial charge is 0.497 e. The number of carbonyl (C=O) groups excluding carboxylic acids is 2. The molecule has 0 saturated carbocycles. The van der Waals surface area contributed by atoms with Crippen LogP contribution in [0.15, 0.2) is 53.6 Å². The Morgan fingerprint density at radius 1 is 1.16 bits per heavy atom. The second kappa shape index (κ2) is 10.9. The standard InChI is InChI=1S/C24H28FN3O4/c1-4-23(29)27(13-14-31-2)16-24(30)28-22(17-9-11-18(32-3)12-10-17)15-21(26-28)19-7-5-6-8-20(19)25/h5-12,22H,4,13-16H2,1-3H3/t22-/m0/s1. The van der Waals surface area contributed by atoms with Crippen LogP contribution < -0.4 is 4.74 Å². The van der Waals surface area contributed by atoms with Gasteiger partial charge in [-0.3, -0.25) is 9.59 Å². The molecule has 32 heavy (non-hydrogen) atoms. The lowest BCUT2D eigenvalue weighted by molar-refractivity contribution is -0.141. The van der Waals surface area contributed by atoms with Crippen LogP contribution in [0.2, 0.25) is 0 Å². The van der Waals surface area contributed by atoms with Gasteiger partial charge in [-0.1, -0.05) is 37.3 Å². The molecule has 0 aromatic heterocycles. The minimum absolute atomic E-state index is 0.128. The van der Waals surface area contributed by atoms with Gasteiger partial charge in [-0.05, 0) is 23.8 Å². The van der Waals surface area contributed by atoms with Gasteiger partial charge in [-0.2, -0.15) is 5.10 Å². The summed E-state index contributed by atoms with van der Waals surface area (Å²) in [5.74, 6) is -0.181. The predicted molar refractivity (Wildman–Crippen MR) is 119 cm³/mol. The lowest BCUT2D eigenvalue weighted by atomic mass is 9.98. The number of hydrogen-bond donors (Lipinski definition) is 0. The van der Waals surface area contributed by atoms with Crippen molar-refractivity contribution in [3.63, 3.8) is 0 Å². The predicted octanol–water partition coefficient (Wildman–Crippen LogP) is 3.40. The second-order valence-electron chi connectivity index (χ2n) is 7.42. The average Bonchev–Trinajstić information content (AvgIpc) is 3.26. The zero-order valence-corrected chi connectivity index (χ0v) is 18.6. The second-order valence-corrected chi connectivity index (χ2v) is 7.42. The maximum atomic E-state index is 14.4. The first kappa shape index (κ1) is 23.4. The first-order chi connectivity index (χ1) is 15.5. The maximum Gasteiger partial charge on any atom is 0.262 e. The molecule has 0 fully saturated rings. The third-order valence-electron chi connectivity index (χ3n) is 5.40. The summed E-state index contributed by atoms with van der Waals surface area (Å²) in [6, 6.07) is 13.3. The lowest BCUT2D eigenvalue weighted by Crippen LogP contribution is -2.42. The van der Waals surface area contributed by atoms with Gasteiger partial charge in [0.1, 0.15) is 18.1 Å². The Kier molecular flexibility index (Phi) is 7.94. The van der Waals surface area contributed by atoms with Crippen LogP contribution in [0, 0.1) is 5.82 Å². The summed E-state index contributed by atoms with van der Waals surface area (Å²) in [5.41, 5.74) is 1.70. The van der Waals surface area contributed by atoms with Gasteiger partial charge in [0.25, 0.3) is 5.91 Å². The molecule has 8 heteroatoms. The summed E-state index contributed by atoms with van der Waals surface area (Å²) in [6.45, 7) is 2.25. The Bertz CT molecular complexity index is 977. The van der Waals surface area contributed by atoms with Crippen molar-refractivity contribution in [2.75, 3.05) is 33.9 Å². The summed E-state index contributed by atoms with van der Waals surface area (Å²) in [6.07, 6.45) is 0.640. The van der Waals surface area contributed by atoms with E-state index in [-0.39, 0.29) is 24.8 Å². The molecule has 0 spiro atoms. The van der Waals surface area contributed by atoms with E-state index < -0.39 is 11.9 Å². The summed E-state index contributed by atoms with van der Waals surface area (Å²) < 4.78 is 24.7. The van der Waals surface area contributed by atoms with Crippen LogP contribution in [0.5, 0.6) is 5.75 Å². The number of methoxy groups -OCH3 is 2. The SMILES string of the molecule is CCC(=O)N(CCOC)CC(=O)N1N=C(c2ccccc2F)C[C@H]1c1ccc(OC)cc1. The molecule has 7 nitrogen and oxygen atoms in total. The average molecular weight is 442 g/mol. The van der Waals surface area contributed by atoms with Gasteiger partial charge in [-0.15, -0.1) is 0 Å². The van der Waals surface area contributed by atoms with E-state index in [1.807, 2.05) is 24.3 Å². The first-order valence-electron chi connectivity index (χ1n) is 10.5. The summed E-state index contributed by atoms with van der Waals surface area (Å²) in [7, 11) is 3.13. The van der Waals surface area contributed by atoms with Gasteiger partial charge >= 0.3 is 0 Å². The summed E-state index contributed by atoms with van der Waals surface area (Å²) in [5, 5.41) is 5.87. The topological polar surface area (TPSA) is 71.4 Å². The van der Waals surface area contributed by atoms with Crippen LogP contribution in [0.25, 0.3) is 0 Å². The van der Waals surface area contributed by atoms with Crippen molar-refractivity contribution in [3.05, 3.63) is 65.5 Å². The van der Waals surface area contributed by atoms with Crippen LogP contribution in [-0.4, -0.2) is 61.4 Å². The van der Waals surface area contributed by atoms with Crippen molar-refractivity contribution < 1.29 is 23.5 Å². The fraction of sp³-hybridized carbons (Fsp3) is 0.375. The lowest BCUT2D eigenvalue weighted by Gasteiger charge is -2.26. The molecule has 0 bridgehead atoms. The Hall–Kier alpha value is -3.26. The van der Waals surface area contributed by atoms with Crippen LogP contribution >= 0.6 is 0 Å². The van der Waals surface area contributed by atoms with Gasteiger partial charge in [-0.25, -0.2) is 9.40 Å². The monoisotopic (exact) mass is 441 g/mol. The number of rotatable bonds is 9. The molecule has 2 aromatic rings. The first-order valence-corrected chi connectivity index (χ1v) is 10.5. The quantitative estimate of drug-likeness (QED) is 0.598. The van der Waals surface area contributed by atoms with Crippen molar-refractivity contribution in [2.45, 2.75) is 25.8 Å². The van der Waals surface area contributed by atoms with Gasteiger partial charge < -0.3 is 14.4 Å². The summed E-state index contributed by atoms with van der Waals surface area (Å²) in [4.78, 5) is 27.1. The summed E-state index contributed by atoms with van der Waals surface area (Å²) >= 11 is 0. The normalized spacial score (nSPS) is 15.4. The zero-order chi connectivity index (χ0) is 23.1. The Balaban J connectivity index is 1.91. The highest BCUT2D eigenvalue weighted by Gasteiger charge is 2.35. The molecule has 0 saturated heterocycles. The zero-order valence-electron chi connectivity index (χ0n) is 18.6. The van der Waals surface area contributed by atoms with Crippen LogP contribution in [-0.2, 0) is 14.3 Å². The van der Waals surface area contributed by atoms with E-state index in [9.17, 15) is 14.0 Å². The van der Waals surface area contributed by atoms with Crippen LogP contribution in [0.4, 0.5) is 4.39 Å². The molecular formula is C24H28FN3O4. The number of ether oxygens (including phenoxy) is 2. The van der Waals surface area contributed by atoms with E-state index in [1.54, 1.807) is 39.3 Å². The van der Waals surface area contributed by atoms with Crippen LogP contribution in [0.3, 0.4) is 0 Å². The molecule has 0 radical (unpaired) electrons. The highest BCUT2D eigenvalue weighted by atomic mass is 19.1. The number of halogens is 1.